The number of anilines is 1. The van der Waals surface area contributed by atoms with E-state index >= 15 is 0 Å². The molecule has 4 aromatic rings. The van der Waals surface area contributed by atoms with Gasteiger partial charge in [0, 0.05) is 23.2 Å². The smallest absolute Gasteiger partial charge is 0.338 e. The first-order valence-electron chi connectivity index (χ1n) is 10.6. The van der Waals surface area contributed by atoms with Crippen molar-refractivity contribution in [1.82, 2.24) is 14.6 Å². The summed E-state index contributed by atoms with van der Waals surface area (Å²) >= 11 is 1.39. The molecule has 1 fully saturated rings. The summed E-state index contributed by atoms with van der Waals surface area (Å²) in [4.78, 5) is 42.3. The van der Waals surface area contributed by atoms with Crippen LogP contribution >= 0.6 is 11.3 Å². The first kappa shape index (κ1) is 21.8. The Kier molecular flexibility index (Phi) is 5.81. The average molecular weight is 477 g/mol. The minimum Gasteiger partial charge on any atom is -0.497 e. The number of esters is 1. The summed E-state index contributed by atoms with van der Waals surface area (Å²) in [5.41, 5.74) is 1.22. The summed E-state index contributed by atoms with van der Waals surface area (Å²) in [7, 11) is 1.55. The molecule has 9 nitrogen and oxygen atoms in total. The highest BCUT2D eigenvalue weighted by atomic mass is 32.1. The number of amides is 1. The summed E-state index contributed by atoms with van der Waals surface area (Å²) < 4.78 is 11.7. The number of hydrogen-bond donors (Lipinski definition) is 1. The van der Waals surface area contributed by atoms with Gasteiger partial charge in [0.25, 0.3) is 11.5 Å². The second-order valence-electron chi connectivity index (χ2n) is 7.83. The van der Waals surface area contributed by atoms with Gasteiger partial charge in [0.15, 0.2) is 0 Å². The van der Waals surface area contributed by atoms with Crippen molar-refractivity contribution in [3.05, 3.63) is 86.8 Å². The van der Waals surface area contributed by atoms with E-state index in [0.717, 1.165) is 17.8 Å². The van der Waals surface area contributed by atoms with E-state index in [1.54, 1.807) is 49.6 Å². The Morgan fingerprint density at radius 2 is 1.91 bits per heavy atom. The van der Waals surface area contributed by atoms with Crippen molar-refractivity contribution < 1.29 is 19.1 Å². The van der Waals surface area contributed by atoms with Crippen LogP contribution in [0.25, 0.3) is 4.96 Å². The van der Waals surface area contributed by atoms with Crippen molar-refractivity contribution in [3.63, 3.8) is 0 Å². The Balaban J connectivity index is 1.24. The molecule has 5 rings (SSSR count). The lowest BCUT2D eigenvalue weighted by Gasteiger charge is -2.08. The van der Waals surface area contributed by atoms with Gasteiger partial charge in [-0.25, -0.2) is 9.78 Å². The maximum Gasteiger partial charge on any atom is 0.338 e. The summed E-state index contributed by atoms with van der Waals surface area (Å²) in [5, 5.41) is 8.00. The van der Waals surface area contributed by atoms with E-state index in [1.165, 1.54) is 28.0 Å². The Hall–Kier alpha value is -4.05. The first-order chi connectivity index (χ1) is 16.5. The largest absolute Gasteiger partial charge is 0.497 e. The molecule has 1 aliphatic carbocycles. The molecule has 1 N–H and O–H groups in total. The van der Waals surface area contributed by atoms with Gasteiger partial charge in [-0.1, -0.05) is 17.4 Å². The molecule has 0 aliphatic heterocycles. The number of methoxy groups -OCH3 is 1. The Bertz CT molecular complexity index is 1440. The fraction of sp³-hybridized carbons (Fsp3) is 0.208. The molecule has 172 valence electrons. The van der Waals surface area contributed by atoms with Crippen molar-refractivity contribution in [3.8, 4) is 5.75 Å². The molecule has 34 heavy (non-hydrogen) atoms. The molecule has 0 unspecified atom stereocenters. The summed E-state index contributed by atoms with van der Waals surface area (Å²) in [6.07, 6.45) is 2.16. The molecule has 0 atom stereocenters. The molecule has 0 saturated heterocycles. The molecular weight excluding hydrogens is 456 g/mol. The van der Waals surface area contributed by atoms with Crippen LogP contribution in [0.5, 0.6) is 5.75 Å². The van der Waals surface area contributed by atoms with E-state index in [1.807, 2.05) is 0 Å². The van der Waals surface area contributed by atoms with Crippen molar-refractivity contribution >= 4 is 33.9 Å². The number of hydrogen-bond acceptors (Lipinski definition) is 8. The second-order valence-corrected chi connectivity index (χ2v) is 8.82. The van der Waals surface area contributed by atoms with Crippen LogP contribution in [0.1, 0.15) is 50.2 Å². The van der Waals surface area contributed by atoms with Gasteiger partial charge in [-0.05, 0) is 55.3 Å². The molecule has 2 aromatic heterocycles. The molecule has 2 heterocycles. The Morgan fingerprint density at radius 3 is 2.65 bits per heavy atom. The van der Waals surface area contributed by atoms with Gasteiger partial charge < -0.3 is 14.8 Å². The number of nitrogens with one attached hydrogen (secondary N) is 1. The molecule has 1 aliphatic rings. The predicted molar refractivity (Wildman–Crippen MR) is 126 cm³/mol. The highest BCUT2D eigenvalue weighted by molar-refractivity contribution is 7.16. The number of fused-ring (bicyclic) bond motifs is 1. The topological polar surface area (TPSA) is 112 Å². The van der Waals surface area contributed by atoms with Crippen LogP contribution in [0.15, 0.2) is 59.4 Å². The molecular formula is C24H20N4O5S. The molecule has 1 saturated carbocycles. The van der Waals surface area contributed by atoms with Crippen LogP contribution < -0.4 is 15.6 Å². The van der Waals surface area contributed by atoms with Crippen LogP contribution in [0.3, 0.4) is 0 Å². The predicted octanol–water partition coefficient (Wildman–Crippen LogP) is 3.65. The monoisotopic (exact) mass is 476 g/mol. The molecule has 10 heteroatoms. The van der Waals surface area contributed by atoms with Gasteiger partial charge in [0.1, 0.15) is 17.4 Å². The number of aromatic nitrogens is 3. The number of carbonyl (C=O) groups excluding carboxylic acids is 2. The Labute approximate surface area is 198 Å². The van der Waals surface area contributed by atoms with Crippen LogP contribution in [-0.2, 0) is 11.3 Å². The number of rotatable bonds is 7. The highest BCUT2D eigenvalue weighted by Crippen LogP contribution is 2.41. The van der Waals surface area contributed by atoms with E-state index in [0.29, 0.717) is 33.6 Å². The zero-order valence-electron chi connectivity index (χ0n) is 18.2. The number of carbonyl (C=O) groups is 2. The average Bonchev–Trinajstić information content (AvgIpc) is 3.61. The fourth-order valence-electron chi connectivity index (χ4n) is 3.33. The van der Waals surface area contributed by atoms with Gasteiger partial charge >= 0.3 is 5.97 Å². The van der Waals surface area contributed by atoms with E-state index in [-0.39, 0.29) is 23.6 Å². The van der Waals surface area contributed by atoms with Gasteiger partial charge in [-0.15, -0.1) is 0 Å². The third kappa shape index (κ3) is 4.67. The molecule has 0 spiro atoms. The van der Waals surface area contributed by atoms with Crippen molar-refractivity contribution in [2.75, 3.05) is 12.4 Å². The maximum absolute atomic E-state index is 12.6. The fourth-order valence-corrected chi connectivity index (χ4v) is 4.42. The van der Waals surface area contributed by atoms with Crippen LogP contribution in [0.4, 0.5) is 5.69 Å². The summed E-state index contributed by atoms with van der Waals surface area (Å²) in [6.45, 7) is -0.149. The third-order valence-corrected chi connectivity index (χ3v) is 6.37. The zero-order chi connectivity index (χ0) is 23.7. The van der Waals surface area contributed by atoms with E-state index in [2.05, 4.69) is 15.4 Å². The summed E-state index contributed by atoms with van der Waals surface area (Å²) in [6, 6.07) is 14.4. The number of nitrogens with zero attached hydrogens (tertiary/aromatic N) is 3. The quantitative estimate of drug-likeness (QED) is 0.405. The standard InChI is InChI=1S/C24H20N4O5S/c1-32-19-9-7-14(8-10-19)21(30)25-17-4-2-3-16(11-17)23(31)33-13-18-12-20(29)28-24(26-18)34-22(27-28)15-5-6-15/h2-4,7-12,15H,5-6,13H2,1H3,(H,25,30). The lowest BCUT2D eigenvalue weighted by molar-refractivity contribution is 0.0467. The Morgan fingerprint density at radius 1 is 1.12 bits per heavy atom. The highest BCUT2D eigenvalue weighted by Gasteiger charge is 2.28. The second kappa shape index (κ2) is 9.06. The minimum absolute atomic E-state index is 0.149. The molecule has 0 bridgehead atoms. The lowest BCUT2D eigenvalue weighted by atomic mass is 10.1. The van der Waals surface area contributed by atoms with Gasteiger partial charge in [0.2, 0.25) is 4.96 Å². The first-order valence-corrected chi connectivity index (χ1v) is 11.4. The minimum atomic E-state index is -0.592. The summed E-state index contributed by atoms with van der Waals surface area (Å²) in [5.74, 6) is 0.160. The van der Waals surface area contributed by atoms with Crippen LogP contribution in [-0.4, -0.2) is 33.6 Å². The third-order valence-electron chi connectivity index (χ3n) is 5.30. The molecule has 2 aromatic carbocycles. The van der Waals surface area contributed by atoms with Crippen molar-refractivity contribution in [2.24, 2.45) is 0 Å². The normalized spacial score (nSPS) is 13.0. The SMILES string of the molecule is COc1ccc(C(=O)Nc2cccc(C(=O)OCc3cc(=O)n4nc(C5CC5)sc4n3)c2)cc1. The van der Waals surface area contributed by atoms with Crippen LogP contribution in [0.2, 0.25) is 0 Å². The van der Waals surface area contributed by atoms with E-state index < -0.39 is 5.97 Å². The number of benzene rings is 2. The lowest BCUT2D eigenvalue weighted by Crippen LogP contribution is -2.17. The van der Waals surface area contributed by atoms with Crippen molar-refractivity contribution in [2.45, 2.75) is 25.4 Å². The maximum atomic E-state index is 12.6. The van der Waals surface area contributed by atoms with Crippen molar-refractivity contribution in [1.29, 1.82) is 0 Å². The van der Waals surface area contributed by atoms with Gasteiger partial charge in [0.05, 0.1) is 18.4 Å². The van der Waals surface area contributed by atoms with E-state index in [4.69, 9.17) is 9.47 Å². The van der Waals surface area contributed by atoms with Gasteiger partial charge in [-0.3, -0.25) is 9.59 Å². The molecule has 1 amide bonds. The number of ether oxygens (including phenoxy) is 2. The molecule has 0 radical (unpaired) electrons. The zero-order valence-corrected chi connectivity index (χ0v) is 19.0. The van der Waals surface area contributed by atoms with E-state index in [9.17, 15) is 14.4 Å². The van der Waals surface area contributed by atoms with Gasteiger partial charge in [-0.2, -0.15) is 9.61 Å². The van der Waals surface area contributed by atoms with Crippen LogP contribution in [0, 0.1) is 0 Å².